The van der Waals surface area contributed by atoms with Crippen molar-refractivity contribution >= 4 is 23.7 Å². The van der Waals surface area contributed by atoms with E-state index in [-0.39, 0.29) is 24.7 Å². The van der Waals surface area contributed by atoms with Crippen molar-refractivity contribution in [1.29, 1.82) is 0 Å². The fourth-order valence-electron chi connectivity index (χ4n) is 4.36. The Labute approximate surface area is 189 Å². The van der Waals surface area contributed by atoms with Gasteiger partial charge in [0.15, 0.2) is 0 Å². The Bertz CT molecular complexity index is 859. The van der Waals surface area contributed by atoms with Crippen molar-refractivity contribution in [2.75, 3.05) is 18.5 Å². The number of amides is 4. The molecular weight excluding hydrogens is 408 g/mol. The van der Waals surface area contributed by atoms with Gasteiger partial charge in [-0.25, -0.2) is 14.4 Å². The fourth-order valence-corrected chi connectivity index (χ4v) is 4.36. The normalized spacial score (nSPS) is 19.4. The van der Waals surface area contributed by atoms with Gasteiger partial charge in [-0.3, -0.25) is 4.90 Å². The molecule has 1 unspecified atom stereocenters. The summed E-state index contributed by atoms with van der Waals surface area (Å²) < 4.78 is 5.27. The molecule has 1 fully saturated rings. The first kappa shape index (κ1) is 23.6. The number of hydrogen-bond acceptors (Lipinski definition) is 4. The lowest BCUT2D eigenvalue weighted by Crippen LogP contribution is -2.48. The molecule has 1 aromatic carbocycles. The molecule has 32 heavy (non-hydrogen) atoms. The summed E-state index contributed by atoms with van der Waals surface area (Å²) >= 11 is 0. The number of carbonyl (C=O) groups is 3. The first-order valence-corrected chi connectivity index (χ1v) is 11.6. The molecule has 174 valence electrons. The molecule has 8 heteroatoms. The van der Waals surface area contributed by atoms with E-state index in [0.29, 0.717) is 23.5 Å². The zero-order chi connectivity index (χ0) is 23.1. The monoisotopic (exact) mass is 442 g/mol. The van der Waals surface area contributed by atoms with Crippen molar-refractivity contribution in [2.45, 2.75) is 71.4 Å². The third kappa shape index (κ3) is 5.60. The van der Waals surface area contributed by atoms with Gasteiger partial charge in [0, 0.05) is 24.0 Å². The van der Waals surface area contributed by atoms with Crippen molar-refractivity contribution in [3.8, 4) is 0 Å². The van der Waals surface area contributed by atoms with Crippen LogP contribution in [-0.4, -0.2) is 42.1 Å². The number of rotatable bonds is 7. The van der Waals surface area contributed by atoms with Gasteiger partial charge in [0.2, 0.25) is 0 Å². The Morgan fingerprint density at radius 2 is 1.81 bits per heavy atom. The second kappa shape index (κ2) is 11.0. The molecule has 1 heterocycles. The SMILES string of the molecule is CCCN1C(=O)NC(c2ccc(NC(=O)NC3CCCCC3)cc2)C(C(=O)OCC)=C1C. The van der Waals surface area contributed by atoms with E-state index in [1.165, 1.54) is 6.42 Å². The minimum Gasteiger partial charge on any atom is -0.463 e. The summed E-state index contributed by atoms with van der Waals surface area (Å²) in [5, 5.41) is 8.82. The van der Waals surface area contributed by atoms with Gasteiger partial charge < -0.3 is 20.7 Å². The van der Waals surface area contributed by atoms with Crippen LogP contribution in [0.15, 0.2) is 35.5 Å². The third-order valence-electron chi connectivity index (χ3n) is 5.98. The maximum absolute atomic E-state index is 12.7. The number of esters is 1. The van der Waals surface area contributed by atoms with E-state index in [1.807, 2.05) is 19.1 Å². The van der Waals surface area contributed by atoms with E-state index in [9.17, 15) is 14.4 Å². The van der Waals surface area contributed by atoms with Gasteiger partial charge in [0.25, 0.3) is 0 Å². The van der Waals surface area contributed by atoms with E-state index in [0.717, 1.165) is 37.7 Å². The fraction of sp³-hybridized carbons (Fsp3) is 0.542. The highest BCUT2D eigenvalue weighted by atomic mass is 16.5. The van der Waals surface area contributed by atoms with Crippen LogP contribution in [0.1, 0.15) is 70.9 Å². The van der Waals surface area contributed by atoms with Crippen molar-refractivity contribution < 1.29 is 19.1 Å². The molecule has 0 spiro atoms. The molecule has 8 nitrogen and oxygen atoms in total. The summed E-state index contributed by atoms with van der Waals surface area (Å²) in [7, 11) is 0. The zero-order valence-electron chi connectivity index (χ0n) is 19.2. The van der Waals surface area contributed by atoms with Crippen molar-refractivity contribution in [1.82, 2.24) is 15.5 Å². The summed E-state index contributed by atoms with van der Waals surface area (Å²) in [5.41, 5.74) is 2.43. The number of nitrogens with zero attached hydrogens (tertiary/aromatic N) is 1. The molecule has 3 N–H and O–H groups in total. The Morgan fingerprint density at radius 3 is 2.44 bits per heavy atom. The average Bonchev–Trinajstić information content (AvgIpc) is 2.77. The number of anilines is 1. The molecule has 4 amide bonds. The average molecular weight is 443 g/mol. The molecule has 0 aromatic heterocycles. The summed E-state index contributed by atoms with van der Waals surface area (Å²) in [6.07, 6.45) is 6.35. The van der Waals surface area contributed by atoms with Crippen LogP contribution in [0.3, 0.4) is 0 Å². The lowest BCUT2D eigenvalue weighted by atomic mass is 9.94. The maximum atomic E-state index is 12.7. The molecule has 1 aromatic rings. The molecule has 1 aliphatic carbocycles. The van der Waals surface area contributed by atoms with E-state index < -0.39 is 12.0 Å². The van der Waals surface area contributed by atoms with Crippen LogP contribution in [0.25, 0.3) is 0 Å². The second-order valence-electron chi connectivity index (χ2n) is 8.31. The minimum absolute atomic E-state index is 0.214. The molecule has 0 saturated heterocycles. The topological polar surface area (TPSA) is 99.8 Å². The van der Waals surface area contributed by atoms with Gasteiger partial charge in [-0.15, -0.1) is 0 Å². The number of ether oxygens (including phenoxy) is 1. The number of benzene rings is 1. The molecule has 1 aliphatic heterocycles. The standard InChI is InChI=1S/C24H34N4O4/c1-4-15-28-16(3)20(22(29)32-5-2)21(27-24(28)31)17-11-13-19(14-12-17)26-23(30)25-18-9-7-6-8-10-18/h11-14,18,21H,4-10,15H2,1-3H3,(H,27,31)(H2,25,26,30). The van der Waals surface area contributed by atoms with Crippen LogP contribution in [0.5, 0.6) is 0 Å². The van der Waals surface area contributed by atoms with E-state index in [4.69, 9.17) is 4.74 Å². The van der Waals surface area contributed by atoms with Crippen LogP contribution >= 0.6 is 0 Å². The Kier molecular flexibility index (Phi) is 8.14. The largest absolute Gasteiger partial charge is 0.463 e. The first-order chi connectivity index (χ1) is 15.4. The highest BCUT2D eigenvalue weighted by molar-refractivity contribution is 5.95. The predicted octanol–water partition coefficient (Wildman–Crippen LogP) is 4.45. The second-order valence-corrected chi connectivity index (χ2v) is 8.31. The van der Waals surface area contributed by atoms with Gasteiger partial charge in [-0.2, -0.15) is 0 Å². The van der Waals surface area contributed by atoms with E-state index >= 15 is 0 Å². The molecular formula is C24H34N4O4. The summed E-state index contributed by atoms with van der Waals surface area (Å²) in [5.74, 6) is -0.440. The summed E-state index contributed by atoms with van der Waals surface area (Å²) in [6.45, 7) is 6.29. The van der Waals surface area contributed by atoms with Gasteiger partial charge >= 0.3 is 18.0 Å². The van der Waals surface area contributed by atoms with Crippen LogP contribution in [0.4, 0.5) is 15.3 Å². The Morgan fingerprint density at radius 1 is 1.12 bits per heavy atom. The molecule has 1 saturated carbocycles. The minimum atomic E-state index is -0.611. The summed E-state index contributed by atoms with van der Waals surface area (Å²) in [6, 6.07) is 6.33. The number of nitrogens with one attached hydrogen (secondary N) is 3. The maximum Gasteiger partial charge on any atom is 0.338 e. The highest BCUT2D eigenvalue weighted by Gasteiger charge is 2.36. The van der Waals surface area contributed by atoms with Gasteiger partial charge in [-0.1, -0.05) is 38.3 Å². The molecule has 1 atom stereocenters. The molecule has 0 radical (unpaired) electrons. The lowest BCUT2D eigenvalue weighted by Gasteiger charge is -2.35. The smallest absolute Gasteiger partial charge is 0.338 e. The van der Waals surface area contributed by atoms with Crippen LogP contribution < -0.4 is 16.0 Å². The third-order valence-corrected chi connectivity index (χ3v) is 5.98. The molecule has 3 rings (SSSR count). The van der Waals surface area contributed by atoms with Crippen LogP contribution in [0, 0.1) is 0 Å². The number of urea groups is 2. The lowest BCUT2D eigenvalue weighted by molar-refractivity contribution is -0.139. The quantitative estimate of drug-likeness (QED) is 0.543. The zero-order valence-corrected chi connectivity index (χ0v) is 19.2. The number of hydrogen-bond donors (Lipinski definition) is 3. The van der Waals surface area contributed by atoms with E-state index in [1.54, 1.807) is 30.9 Å². The van der Waals surface area contributed by atoms with Gasteiger partial charge in [0.1, 0.15) is 0 Å². The Balaban J connectivity index is 1.75. The van der Waals surface area contributed by atoms with E-state index in [2.05, 4.69) is 16.0 Å². The van der Waals surface area contributed by atoms with Crippen LogP contribution in [-0.2, 0) is 9.53 Å². The van der Waals surface area contributed by atoms with Crippen LogP contribution in [0.2, 0.25) is 0 Å². The first-order valence-electron chi connectivity index (χ1n) is 11.6. The highest BCUT2D eigenvalue weighted by Crippen LogP contribution is 2.32. The molecule has 2 aliphatic rings. The summed E-state index contributed by atoms with van der Waals surface area (Å²) in [4.78, 5) is 39.3. The molecule has 0 bridgehead atoms. The Hall–Kier alpha value is -3.03. The van der Waals surface area contributed by atoms with Crippen molar-refractivity contribution in [2.24, 2.45) is 0 Å². The van der Waals surface area contributed by atoms with Crippen molar-refractivity contribution in [3.05, 3.63) is 41.1 Å². The van der Waals surface area contributed by atoms with Crippen molar-refractivity contribution in [3.63, 3.8) is 0 Å². The predicted molar refractivity (Wildman–Crippen MR) is 123 cm³/mol. The van der Waals surface area contributed by atoms with Gasteiger partial charge in [-0.05, 0) is 50.8 Å². The number of allylic oxidation sites excluding steroid dienone is 1. The van der Waals surface area contributed by atoms with Gasteiger partial charge in [0.05, 0.1) is 18.2 Å². The number of carbonyl (C=O) groups excluding carboxylic acids is 3.